The normalized spacial score (nSPS) is 17.0. The first-order chi connectivity index (χ1) is 12.5. The van der Waals surface area contributed by atoms with Gasteiger partial charge in [-0.1, -0.05) is 23.7 Å². The van der Waals surface area contributed by atoms with E-state index in [9.17, 15) is 14.4 Å². The third-order valence-corrected chi connectivity index (χ3v) is 5.00. The van der Waals surface area contributed by atoms with Crippen LogP contribution in [0.1, 0.15) is 28.3 Å². The summed E-state index contributed by atoms with van der Waals surface area (Å²) in [4.78, 5) is 42.5. The lowest BCUT2D eigenvalue weighted by molar-refractivity contribution is 0.0791. The molecule has 4 rings (SSSR count). The lowest BCUT2D eigenvalue weighted by atomic mass is 9.99. The smallest absolute Gasteiger partial charge is 0.314 e. The van der Waals surface area contributed by atoms with E-state index in [1.165, 1.54) is 0 Å². The Morgan fingerprint density at radius 3 is 2.58 bits per heavy atom. The number of aromatic nitrogens is 2. The van der Waals surface area contributed by atoms with Crippen molar-refractivity contribution < 1.29 is 4.79 Å². The average Bonchev–Trinajstić information content (AvgIpc) is 3.12. The molecule has 1 amide bonds. The zero-order valence-corrected chi connectivity index (χ0v) is 14.5. The summed E-state index contributed by atoms with van der Waals surface area (Å²) in [5.41, 5.74) is 1.10. The van der Waals surface area contributed by atoms with Gasteiger partial charge in [0.15, 0.2) is 0 Å². The molecule has 1 atom stereocenters. The molecule has 2 heterocycles. The Hall–Kier alpha value is -2.86. The molecule has 0 unspecified atom stereocenters. The van der Waals surface area contributed by atoms with Crippen molar-refractivity contribution in [1.82, 2.24) is 14.9 Å². The zero-order chi connectivity index (χ0) is 18.3. The molecule has 3 aromatic rings. The SMILES string of the molecule is O=C(c1ccc2[nH]c(=O)c(=O)[nH]c2c1)N1CC[C@H](c2cccc(Cl)c2)C1. The van der Waals surface area contributed by atoms with E-state index in [1.54, 1.807) is 23.1 Å². The van der Waals surface area contributed by atoms with Crippen LogP contribution in [-0.2, 0) is 0 Å². The van der Waals surface area contributed by atoms with Gasteiger partial charge in [0.25, 0.3) is 5.91 Å². The van der Waals surface area contributed by atoms with Gasteiger partial charge in [-0.3, -0.25) is 14.4 Å². The number of H-pyrrole nitrogens is 2. The first-order valence-corrected chi connectivity index (χ1v) is 8.70. The summed E-state index contributed by atoms with van der Waals surface area (Å²) in [6.07, 6.45) is 0.879. The summed E-state index contributed by atoms with van der Waals surface area (Å²) in [6, 6.07) is 12.6. The number of nitrogens with one attached hydrogen (secondary N) is 2. The molecule has 0 bridgehead atoms. The fourth-order valence-electron chi connectivity index (χ4n) is 3.41. The minimum Gasteiger partial charge on any atom is -0.338 e. The summed E-state index contributed by atoms with van der Waals surface area (Å²) in [5.74, 6) is 0.165. The molecule has 0 spiro atoms. The summed E-state index contributed by atoms with van der Waals surface area (Å²) in [7, 11) is 0. The van der Waals surface area contributed by atoms with Crippen LogP contribution in [0.25, 0.3) is 11.0 Å². The number of likely N-dealkylation sites (tertiary alicyclic amines) is 1. The number of rotatable bonds is 2. The number of carbonyl (C=O) groups excluding carboxylic acids is 1. The van der Waals surface area contributed by atoms with E-state index in [2.05, 4.69) is 9.97 Å². The van der Waals surface area contributed by atoms with Gasteiger partial charge in [0, 0.05) is 29.6 Å². The minimum absolute atomic E-state index is 0.0940. The molecule has 1 aliphatic rings. The highest BCUT2D eigenvalue weighted by Crippen LogP contribution is 2.29. The standard InChI is InChI=1S/C19H16ClN3O3/c20-14-3-1-2-11(8-14)13-6-7-23(10-13)19(26)12-4-5-15-16(9-12)22-18(25)17(24)21-15/h1-5,8-9,13H,6-7,10H2,(H,21,24)(H,22,25)/t13-/m0/s1. The Kier molecular flexibility index (Phi) is 4.12. The fourth-order valence-corrected chi connectivity index (χ4v) is 3.61. The van der Waals surface area contributed by atoms with Crippen molar-refractivity contribution in [2.45, 2.75) is 12.3 Å². The van der Waals surface area contributed by atoms with E-state index in [0.29, 0.717) is 34.7 Å². The molecule has 26 heavy (non-hydrogen) atoms. The zero-order valence-electron chi connectivity index (χ0n) is 13.8. The summed E-state index contributed by atoms with van der Waals surface area (Å²) in [5, 5.41) is 0.694. The second-order valence-corrected chi connectivity index (χ2v) is 6.90. The van der Waals surface area contributed by atoms with Gasteiger partial charge >= 0.3 is 11.1 Å². The van der Waals surface area contributed by atoms with Gasteiger partial charge < -0.3 is 14.9 Å². The molecule has 132 valence electrons. The maximum atomic E-state index is 12.8. The Bertz CT molecular complexity index is 1120. The van der Waals surface area contributed by atoms with Crippen molar-refractivity contribution in [1.29, 1.82) is 0 Å². The molecule has 0 aliphatic carbocycles. The van der Waals surface area contributed by atoms with E-state index < -0.39 is 11.1 Å². The molecule has 2 N–H and O–H groups in total. The lowest BCUT2D eigenvalue weighted by Crippen LogP contribution is -2.30. The van der Waals surface area contributed by atoms with Crippen LogP contribution in [0.3, 0.4) is 0 Å². The quantitative estimate of drug-likeness (QED) is 0.680. The predicted molar refractivity (Wildman–Crippen MR) is 99.9 cm³/mol. The number of benzene rings is 2. The fraction of sp³-hybridized carbons (Fsp3) is 0.211. The highest BCUT2D eigenvalue weighted by Gasteiger charge is 2.28. The summed E-state index contributed by atoms with van der Waals surface area (Å²) < 4.78 is 0. The van der Waals surface area contributed by atoms with Crippen LogP contribution in [0.5, 0.6) is 0 Å². The molecular weight excluding hydrogens is 354 g/mol. The maximum absolute atomic E-state index is 12.8. The van der Waals surface area contributed by atoms with Crippen LogP contribution in [-0.4, -0.2) is 33.9 Å². The van der Waals surface area contributed by atoms with Gasteiger partial charge in [-0.05, 0) is 42.3 Å². The Balaban J connectivity index is 1.58. The molecule has 0 saturated carbocycles. The van der Waals surface area contributed by atoms with Gasteiger partial charge in [0.2, 0.25) is 0 Å². The molecule has 1 saturated heterocycles. The second kappa shape index (κ2) is 6.46. The predicted octanol–water partition coefficient (Wildman–Crippen LogP) is 2.50. The molecule has 7 heteroatoms. The molecule has 1 aromatic heterocycles. The lowest BCUT2D eigenvalue weighted by Gasteiger charge is -2.17. The second-order valence-electron chi connectivity index (χ2n) is 6.46. The Morgan fingerprint density at radius 1 is 1.04 bits per heavy atom. The van der Waals surface area contributed by atoms with Crippen molar-refractivity contribution in [3.8, 4) is 0 Å². The number of hydrogen-bond acceptors (Lipinski definition) is 3. The van der Waals surface area contributed by atoms with Crippen molar-refractivity contribution in [3.05, 3.63) is 79.3 Å². The van der Waals surface area contributed by atoms with Crippen molar-refractivity contribution in [2.75, 3.05) is 13.1 Å². The molecular formula is C19H16ClN3O3. The maximum Gasteiger partial charge on any atom is 0.314 e. The number of aromatic amines is 2. The van der Waals surface area contributed by atoms with Gasteiger partial charge in [0.05, 0.1) is 11.0 Å². The topological polar surface area (TPSA) is 86.0 Å². The van der Waals surface area contributed by atoms with Crippen LogP contribution in [0.15, 0.2) is 52.1 Å². The molecule has 0 radical (unpaired) electrons. The molecule has 2 aromatic carbocycles. The van der Waals surface area contributed by atoms with Crippen LogP contribution >= 0.6 is 11.6 Å². The van der Waals surface area contributed by atoms with Gasteiger partial charge in [0.1, 0.15) is 0 Å². The summed E-state index contributed by atoms with van der Waals surface area (Å²) in [6.45, 7) is 1.29. The van der Waals surface area contributed by atoms with Crippen LogP contribution in [0.4, 0.5) is 0 Å². The Labute approximate surface area is 153 Å². The van der Waals surface area contributed by atoms with Crippen LogP contribution in [0.2, 0.25) is 5.02 Å². The van der Waals surface area contributed by atoms with Gasteiger partial charge in [-0.2, -0.15) is 0 Å². The number of nitrogens with zero attached hydrogens (tertiary/aromatic N) is 1. The minimum atomic E-state index is -0.732. The number of fused-ring (bicyclic) bond motifs is 1. The third kappa shape index (κ3) is 3.04. The first kappa shape index (κ1) is 16.6. The number of carbonyl (C=O) groups is 1. The van der Waals surface area contributed by atoms with E-state index >= 15 is 0 Å². The van der Waals surface area contributed by atoms with Crippen molar-refractivity contribution >= 4 is 28.5 Å². The highest BCUT2D eigenvalue weighted by atomic mass is 35.5. The number of amides is 1. The number of halogens is 1. The molecule has 1 aliphatic heterocycles. The van der Waals surface area contributed by atoms with Crippen LogP contribution in [0, 0.1) is 0 Å². The number of hydrogen-bond donors (Lipinski definition) is 2. The highest BCUT2D eigenvalue weighted by molar-refractivity contribution is 6.30. The first-order valence-electron chi connectivity index (χ1n) is 8.32. The van der Waals surface area contributed by atoms with Gasteiger partial charge in [-0.25, -0.2) is 0 Å². The van der Waals surface area contributed by atoms with Crippen molar-refractivity contribution in [2.24, 2.45) is 0 Å². The van der Waals surface area contributed by atoms with E-state index in [4.69, 9.17) is 11.6 Å². The largest absolute Gasteiger partial charge is 0.338 e. The molecule has 1 fully saturated rings. The van der Waals surface area contributed by atoms with Crippen molar-refractivity contribution in [3.63, 3.8) is 0 Å². The van der Waals surface area contributed by atoms with E-state index in [-0.39, 0.29) is 11.8 Å². The van der Waals surface area contributed by atoms with Gasteiger partial charge in [-0.15, -0.1) is 0 Å². The molecule has 6 nitrogen and oxygen atoms in total. The van der Waals surface area contributed by atoms with Crippen LogP contribution < -0.4 is 11.1 Å². The average molecular weight is 370 g/mol. The van der Waals surface area contributed by atoms with E-state index in [1.807, 2.05) is 24.3 Å². The van der Waals surface area contributed by atoms with E-state index in [0.717, 1.165) is 12.0 Å². The Morgan fingerprint density at radius 2 is 1.81 bits per heavy atom. The third-order valence-electron chi connectivity index (χ3n) is 4.76. The summed E-state index contributed by atoms with van der Waals surface area (Å²) >= 11 is 6.06. The monoisotopic (exact) mass is 369 g/mol.